The standard InChI is InChI=1S/C12H16O2/c1-4-10-7-5-6-8-11(10)12(13)14-9(2)3/h5-9H,4H2,1-3H3. The zero-order valence-electron chi connectivity index (χ0n) is 8.91. The third-order valence-corrected chi connectivity index (χ3v) is 1.96. The summed E-state index contributed by atoms with van der Waals surface area (Å²) in [7, 11) is 0. The monoisotopic (exact) mass is 192 g/mol. The lowest BCUT2D eigenvalue weighted by atomic mass is 10.1. The summed E-state index contributed by atoms with van der Waals surface area (Å²) in [5.74, 6) is -0.225. The summed E-state index contributed by atoms with van der Waals surface area (Å²) in [5, 5.41) is 0. The van der Waals surface area contributed by atoms with Crippen LogP contribution < -0.4 is 0 Å². The van der Waals surface area contributed by atoms with Gasteiger partial charge in [0.25, 0.3) is 0 Å². The predicted octanol–water partition coefficient (Wildman–Crippen LogP) is 2.81. The van der Waals surface area contributed by atoms with Gasteiger partial charge in [0, 0.05) is 0 Å². The van der Waals surface area contributed by atoms with E-state index in [0.717, 1.165) is 12.0 Å². The van der Waals surface area contributed by atoms with Crippen LogP contribution in [-0.4, -0.2) is 12.1 Å². The zero-order valence-corrected chi connectivity index (χ0v) is 8.91. The Hall–Kier alpha value is -1.31. The largest absolute Gasteiger partial charge is 0.459 e. The van der Waals surface area contributed by atoms with Crippen LogP contribution in [0.3, 0.4) is 0 Å². The van der Waals surface area contributed by atoms with Gasteiger partial charge < -0.3 is 4.74 Å². The smallest absolute Gasteiger partial charge is 0.338 e. The molecular weight excluding hydrogens is 176 g/mol. The summed E-state index contributed by atoms with van der Waals surface area (Å²) in [6.45, 7) is 5.74. The molecule has 0 atom stereocenters. The van der Waals surface area contributed by atoms with Gasteiger partial charge in [0.05, 0.1) is 11.7 Å². The van der Waals surface area contributed by atoms with E-state index in [1.165, 1.54) is 0 Å². The van der Waals surface area contributed by atoms with Crippen molar-refractivity contribution < 1.29 is 9.53 Å². The molecule has 0 saturated carbocycles. The van der Waals surface area contributed by atoms with E-state index >= 15 is 0 Å². The fourth-order valence-corrected chi connectivity index (χ4v) is 1.31. The molecule has 0 aliphatic rings. The lowest BCUT2D eigenvalue weighted by Crippen LogP contribution is -2.13. The first-order valence-corrected chi connectivity index (χ1v) is 4.94. The van der Waals surface area contributed by atoms with Crippen LogP contribution in [0.25, 0.3) is 0 Å². The Labute approximate surface area is 84.9 Å². The Morgan fingerprint density at radius 1 is 1.36 bits per heavy atom. The highest BCUT2D eigenvalue weighted by atomic mass is 16.5. The topological polar surface area (TPSA) is 26.3 Å². The van der Waals surface area contributed by atoms with Crippen LogP contribution in [0.15, 0.2) is 24.3 Å². The molecule has 0 bridgehead atoms. The predicted molar refractivity (Wildman–Crippen MR) is 56.4 cm³/mol. The summed E-state index contributed by atoms with van der Waals surface area (Å²) in [6.07, 6.45) is 0.788. The maximum Gasteiger partial charge on any atom is 0.338 e. The SMILES string of the molecule is CCc1ccccc1C(=O)OC(C)C. The molecule has 0 radical (unpaired) electrons. The minimum absolute atomic E-state index is 0.0626. The normalized spacial score (nSPS) is 10.3. The van der Waals surface area contributed by atoms with Crippen LogP contribution in [-0.2, 0) is 11.2 Å². The van der Waals surface area contributed by atoms with E-state index in [-0.39, 0.29) is 12.1 Å². The van der Waals surface area contributed by atoms with Gasteiger partial charge in [0.1, 0.15) is 0 Å². The Kier molecular flexibility index (Phi) is 3.69. The number of benzene rings is 1. The first-order chi connectivity index (χ1) is 6.65. The number of carbonyl (C=O) groups excluding carboxylic acids is 1. The number of carbonyl (C=O) groups is 1. The fraction of sp³-hybridized carbons (Fsp3) is 0.417. The van der Waals surface area contributed by atoms with Crippen molar-refractivity contribution in [1.29, 1.82) is 0 Å². The average molecular weight is 192 g/mol. The molecular formula is C12H16O2. The van der Waals surface area contributed by atoms with E-state index in [4.69, 9.17) is 4.74 Å². The number of ether oxygens (including phenoxy) is 1. The minimum Gasteiger partial charge on any atom is -0.459 e. The van der Waals surface area contributed by atoms with Gasteiger partial charge in [-0.15, -0.1) is 0 Å². The maximum atomic E-state index is 11.6. The van der Waals surface area contributed by atoms with Crippen molar-refractivity contribution in [2.24, 2.45) is 0 Å². The third-order valence-electron chi connectivity index (χ3n) is 1.96. The van der Waals surface area contributed by atoms with Crippen molar-refractivity contribution in [1.82, 2.24) is 0 Å². The molecule has 0 amide bonds. The van der Waals surface area contributed by atoms with Gasteiger partial charge in [0.2, 0.25) is 0 Å². The molecule has 1 aromatic carbocycles. The van der Waals surface area contributed by atoms with Crippen LogP contribution in [0.4, 0.5) is 0 Å². The Bertz CT molecular complexity index is 316. The molecule has 0 unspecified atom stereocenters. The number of hydrogen-bond acceptors (Lipinski definition) is 2. The Balaban J connectivity index is 2.88. The van der Waals surface area contributed by atoms with Crippen LogP contribution in [0.5, 0.6) is 0 Å². The van der Waals surface area contributed by atoms with Gasteiger partial charge >= 0.3 is 5.97 Å². The average Bonchev–Trinajstić information content (AvgIpc) is 2.16. The minimum atomic E-state index is -0.225. The molecule has 0 aliphatic heterocycles. The molecule has 76 valence electrons. The number of aryl methyl sites for hydroxylation is 1. The number of rotatable bonds is 3. The van der Waals surface area contributed by atoms with E-state index in [1.54, 1.807) is 0 Å². The van der Waals surface area contributed by atoms with E-state index in [9.17, 15) is 4.79 Å². The molecule has 2 heteroatoms. The summed E-state index contributed by atoms with van der Waals surface area (Å²) in [5.41, 5.74) is 1.72. The summed E-state index contributed by atoms with van der Waals surface area (Å²) >= 11 is 0. The molecule has 0 spiro atoms. The van der Waals surface area contributed by atoms with Crippen molar-refractivity contribution in [3.63, 3.8) is 0 Å². The molecule has 0 heterocycles. The lowest BCUT2D eigenvalue weighted by molar-refractivity contribution is 0.0376. The maximum absolute atomic E-state index is 11.6. The second-order valence-electron chi connectivity index (χ2n) is 3.46. The molecule has 2 nitrogen and oxygen atoms in total. The van der Waals surface area contributed by atoms with Gasteiger partial charge in [0.15, 0.2) is 0 Å². The molecule has 0 aliphatic carbocycles. The molecule has 1 rings (SSSR count). The first kappa shape index (κ1) is 10.8. The molecule has 0 fully saturated rings. The fourth-order valence-electron chi connectivity index (χ4n) is 1.31. The number of esters is 1. The second kappa shape index (κ2) is 4.80. The summed E-state index contributed by atoms with van der Waals surface area (Å²) < 4.78 is 5.14. The Morgan fingerprint density at radius 2 is 2.00 bits per heavy atom. The van der Waals surface area contributed by atoms with Gasteiger partial charge in [-0.3, -0.25) is 0 Å². The summed E-state index contributed by atoms with van der Waals surface area (Å²) in [4.78, 5) is 11.6. The number of hydrogen-bond donors (Lipinski definition) is 0. The highest BCUT2D eigenvalue weighted by Crippen LogP contribution is 2.11. The first-order valence-electron chi connectivity index (χ1n) is 4.94. The van der Waals surface area contributed by atoms with Crippen LogP contribution in [0.1, 0.15) is 36.7 Å². The van der Waals surface area contributed by atoms with E-state index in [1.807, 2.05) is 45.0 Å². The highest BCUT2D eigenvalue weighted by Gasteiger charge is 2.11. The van der Waals surface area contributed by atoms with Crippen LogP contribution in [0.2, 0.25) is 0 Å². The molecule has 14 heavy (non-hydrogen) atoms. The second-order valence-corrected chi connectivity index (χ2v) is 3.46. The van der Waals surface area contributed by atoms with E-state index in [0.29, 0.717) is 5.56 Å². The molecule has 0 N–H and O–H groups in total. The summed E-state index contributed by atoms with van der Waals surface area (Å²) in [6, 6.07) is 7.56. The van der Waals surface area contributed by atoms with Gasteiger partial charge in [-0.2, -0.15) is 0 Å². The van der Waals surface area contributed by atoms with Crippen molar-refractivity contribution >= 4 is 5.97 Å². The molecule has 0 aromatic heterocycles. The van der Waals surface area contributed by atoms with Crippen LogP contribution >= 0.6 is 0 Å². The van der Waals surface area contributed by atoms with Gasteiger partial charge in [-0.1, -0.05) is 25.1 Å². The van der Waals surface area contributed by atoms with E-state index in [2.05, 4.69) is 0 Å². The zero-order chi connectivity index (χ0) is 10.6. The Morgan fingerprint density at radius 3 is 2.57 bits per heavy atom. The van der Waals surface area contributed by atoms with Crippen molar-refractivity contribution in [2.45, 2.75) is 33.3 Å². The van der Waals surface area contributed by atoms with Crippen LogP contribution in [0, 0.1) is 0 Å². The van der Waals surface area contributed by atoms with Crippen molar-refractivity contribution in [2.75, 3.05) is 0 Å². The van der Waals surface area contributed by atoms with Gasteiger partial charge in [-0.05, 0) is 31.9 Å². The third kappa shape index (κ3) is 2.59. The van der Waals surface area contributed by atoms with Gasteiger partial charge in [-0.25, -0.2) is 4.79 Å². The quantitative estimate of drug-likeness (QED) is 0.688. The molecule has 1 aromatic rings. The van der Waals surface area contributed by atoms with E-state index < -0.39 is 0 Å². The highest BCUT2D eigenvalue weighted by molar-refractivity contribution is 5.91. The van der Waals surface area contributed by atoms with Crippen molar-refractivity contribution in [3.8, 4) is 0 Å². The van der Waals surface area contributed by atoms with Crippen molar-refractivity contribution in [3.05, 3.63) is 35.4 Å². The lowest BCUT2D eigenvalue weighted by Gasteiger charge is -2.10. The molecule has 0 saturated heterocycles.